The molecule has 242 valence electrons. The van der Waals surface area contributed by atoms with Gasteiger partial charge in [-0.15, -0.1) is 11.3 Å². The fourth-order valence-corrected chi connectivity index (χ4v) is 7.63. The number of aromatic nitrogens is 3. The molecule has 4 N–H and O–H groups in total. The topological polar surface area (TPSA) is 171 Å². The van der Waals surface area contributed by atoms with Crippen LogP contribution in [0.5, 0.6) is 0 Å². The highest BCUT2D eigenvalue weighted by Gasteiger charge is 2.54. The van der Waals surface area contributed by atoms with Gasteiger partial charge in [0.15, 0.2) is 5.69 Å². The fourth-order valence-electron chi connectivity index (χ4n) is 7.12. The molecule has 1 saturated heterocycles. The molecule has 3 heterocycles. The van der Waals surface area contributed by atoms with E-state index in [1.54, 1.807) is 23.5 Å². The van der Waals surface area contributed by atoms with Crippen LogP contribution in [0, 0.1) is 30.6 Å². The number of hydrogen-bond acceptors (Lipinski definition) is 9. The van der Waals surface area contributed by atoms with E-state index in [1.165, 1.54) is 11.3 Å². The van der Waals surface area contributed by atoms with Gasteiger partial charge in [-0.3, -0.25) is 19.4 Å². The first-order valence-corrected chi connectivity index (χ1v) is 16.8. The number of benzene rings is 1. The van der Waals surface area contributed by atoms with Crippen LogP contribution < -0.4 is 21.3 Å². The Kier molecular flexibility index (Phi) is 7.78. The Labute approximate surface area is 270 Å². The van der Waals surface area contributed by atoms with Gasteiger partial charge in [0.25, 0.3) is 11.8 Å². The van der Waals surface area contributed by atoms with Crippen molar-refractivity contribution in [2.75, 3.05) is 17.2 Å². The number of rotatable bonds is 11. The molecule has 46 heavy (non-hydrogen) atoms. The van der Waals surface area contributed by atoms with E-state index in [1.807, 2.05) is 32.0 Å². The summed E-state index contributed by atoms with van der Waals surface area (Å²) >= 11 is 1.32. The van der Waals surface area contributed by atoms with Gasteiger partial charge in [0.2, 0.25) is 5.91 Å². The minimum Gasteiger partial charge on any atom is -0.338 e. The second-order valence-corrected chi connectivity index (χ2v) is 14.4. The number of nitrogens with zero attached hydrogens (tertiary/aromatic N) is 4. The van der Waals surface area contributed by atoms with Gasteiger partial charge in [0, 0.05) is 25.1 Å². The Bertz CT molecular complexity index is 1650. The summed E-state index contributed by atoms with van der Waals surface area (Å²) in [5.74, 6) is -0.0386. The van der Waals surface area contributed by atoms with Gasteiger partial charge in [0.1, 0.15) is 22.3 Å². The van der Waals surface area contributed by atoms with E-state index in [2.05, 4.69) is 36.6 Å². The van der Waals surface area contributed by atoms with Crippen molar-refractivity contribution in [2.24, 2.45) is 23.7 Å². The molecule has 3 atom stereocenters. The predicted molar refractivity (Wildman–Crippen MR) is 169 cm³/mol. The summed E-state index contributed by atoms with van der Waals surface area (Å²) in [7, 11) is 0. The molecule has 4 aliphatic rings. The molecule has 3 aromatic rings. The lowest BCUT2D eigenvalue weighted by molar-refractivity contribution is -0.125. The lowest BCUT2D eigenvalue weighted by Crippen LogP contribution is -2.59. The summed E-state index contributed by atoms with van der Waals surface area (Å²) in [6.07, 6.45) is 6.39. The molecule has 2 aromatic heterocycles. The molecule has 5 amide bonds. The van der Waals surface area contributed by atoms with E-state index < -0.39 is 17.5 Å². The van der Waals surface area contributed by atoms with E-state index in [0.29, 0.717) is 47.6 Å². The maximum absolute atomic E-state index is 14.0. The number of amides is 5. The van der Waals surface area contributed by atoms with Crippen molar-refractivity contribution in [1.82, 2.24) is 30.8 Å². The zero-order valence-electron chi connectivity index (χ0n) is 26.0. The molecule has 2 saturated carbocycles. The lowest BCUT2D eigenvalue weighted by Gasteiger charge is -2.36. The first-order chi connectivity index (χ1) is 22.1. The molecule has 3 aliphatic carbocycles. The second kappa shape index (κ2) is 11.8. The quantitative estimate of drug-likeness (QED) is 0.245. The minimum atomic E-state index is -1.15. The van der Waals surface area contributed by atoms with Gasteiger partial charge in [-0.2, -0.15) is 0 Å². The van der Waals surface area contributed by atoms with E-state index in [9.17, 15) is 19.2 Å². The molecular formula is C32H38N8O5S. The SMILES string of the molecule is Cc1nonc1C(=O)N[C@H](C(=O)Nc1ccc2c(c1)CC(C(=O)Nc1cncs1)(N1C[C@@H](C(C)C)NC1=O)C2)C(C1CC1)C1CC1. The van der Waals surface area contributed by atoms with Crippen molar-refractivity contribution >= 4 is 45.8 Å². The van der Waals surface area contributed by atoms with Crippen LogP contribution in [0.25, 0.3) is 0 Å². The van der Waals surface area contributed by atoms with Gasteiger partial charge in [-0.05, 0) is 84.7 Å². The third-order valence-electron chi connectivity index (χ3n) is 9.94. The van der Waals surface area contributed by atoms with Gasteiger partial charge in [0.05, 0.1) is 17.7 Å². The molecule has 1 aromatic carbocycles. The molecule has 7 rings (SSSR count). The summed E-state index contributed by atoms with van der Waals surface area (Å²) in [6, 6.07) is 4.54. The van der Waals surface area contributed by atoms with Crippen molar-refractivity contribution in [2.45, 2.75) is 76.9 Å². The van der Waals surface area contributed by atoms with Crippen LogP contribution in [0.15, 0.2) is 34.5 Å². The van der Waals surface area contributed by atoms with Gasteiger partial charge < -0.3 is 26.2 Å². The van der Waals surface area contributed by atoms with Crippen molar-refractivity contribution in [3.8, 4) is 0 Å². The van der Waals surface area contributed by atoms with Crippen LogP contribution in [0.3, 0.4) is 0 Å². The summed E-state index contributed by atoms with van der Waals surface area (Å²) in [5, 5.41) is 20.1. The van der Waals surface area contributed by atoms with Crippen LogP contribution in [-0.4, -0.2) is 68.1 Å². The number of carbonyl (C=O) groups excluding carboxylic acids is 4. The van der Waals surface area contributed by atoms with Crippen LogP contribution in [-0.2, 0) is 22.4 Å². The minimum absolute atomic E-state index is 0.0317. The number of urea groups is 1. The third kappa shape index (κ3) is 5.74. The zero-order chi connectivity index (χ0) is 32.2. The maximum atomic E-state index is 14.0. The van der Waals surface area contributed by atoms with Crippen LogP contribution in [0.2, 0.25) is 0 Å². The molecule has 13 nitrogen and oxygen atoms in total. The standard InChI is InChI=1S/C32H38N8O5S/c1-16(2)23-14-40(31(44)35-23)32(30(43)36-24-13-33-15-46-24)11-20-8-9-22(10-21(20)12-32)34-29(42)27(25(18-4-5-18)19-6-7-19)37-28(41)26-17(3)38-45-39-26/h8-10,13,15-16,18-19,23,25,27H,4-7,11-12,14H2,1-3H3,(H,34,42)(H,35,44)(H,36,43)(H,37,41)/t23-,27-,32?/m0/s1. The zero-order valence-corrected chi connectivity index (χ0v) is 26.9. The van der Waals surface area contributed by atoms with Crippen molar-refractivity contribution in [3.63, 3.8) is 0 Å². The number of fused-ring (bicyclic) bond motifs is 1. The van der Waals surface area contributed by atoms with Crippen molar-refractivity contribution in [1.29, 1.82) is 0 Å². The first-order valence-electron chi connectivity index (χ1n) is 15.9. The largest absolute Gasteiger partial charge is 0.338 e. The van der Waals surface area contributed by atoms with E-state index in [-0.39, 0.29) is 41.4 Å². The van der Waals surface area contributed by atoms with Crippen molar-refractivity contribution < 1.29 is 23.8 Å². The highest BCUT2D eigenvalue weighted by Crippen LogP contribution is 2.51. The molecule has 1 unspecified atom stereocenters. The highest BCUT2D eigenvalue weighted by molar-refractivity contribution is 7.14. The Morgan fingerprint density at radius 3 is 2.41 bits per heavy atom. The Morgan fingerprint density at radius 1 is 1.07 bits per heavy atom. The average molecular weight is 647 g/mol. The Balaban J connectivity index is 1.14. The van der Waals surface area contributed by atoms with E-state index in [4.69, 9.17) is 4.63 Å². The Hall–Kier alpha value is -4.33. The molecule has 0 spiro atoms. The lowest BCUT2D eigenvalue weighted by atomic mass is 9.88. The normalized spacial score (nSPS) is 22.9. The van der Waals surface area contributed by atoms with Gasteiger partial charge in [-0.25, -0.2) is 9.42 Å². The first kappa shape index (κ1) is 30.3. The Morgan fingerprint density at radius 2 is 1.80 bits per heavy atom. The summed E-state index contributed by atoms with van der Waals surface area (Å²) < 4.78 is 4.73. The van der Waals surface area contributed by atoms with Gasteiger partial charge in [-0.1, -0.05) is 25.1 Å². The third-order valence-corrected chi connectivity index (χ3v) is 10.6. The van der Waals surface area contributed by atoms with Crippen LogP contribution in [0.4, 0.5) is 15.5 Å². The second-order valence-electron chi connectivity index (χ2n) is 13.5. The number of hydrogen-bond donors (Lipinski definition) is 4. The number of anilines is 2. The average Bonchev–Trinajstić information content (AvgIpc) is 3.83. The molecule has 14 heteroatoms. The fraction of sp³-hybridized carbons (Fsp3) is 0.531. The monoisotopic (exact) mass is 646 g/mol. The van der Waals surface area contributed by atoms with Crippen molar-refractivity contribution in [3.05, 3.63) is 52.4 Å². The molecule has 1 aliphatic heterocycles. The van der Waals surface area contributed by atoms with E-state index >= 15 is 0 Å². The van der Waals surface area contributed by atoms with Crippen LogP contribution in [0.1, 0.15) is 66.8 Å². The predicted octanol–water partition coefficient (Wildman–Crippen LogP) is 3.53. The number of thiazole rings is 1. The number of aryl methyl sites for hydroxylation is 1. The molecule has 3 fully saturated rings. The molecular weight excluding hydrogens is 608 g/mol. The summed E-state index contributed by atoms with van der Waals surface area (Å²) in [6.45, 7) is 6.15. The number of carbonyl (C=O) groups is 4. The maximum Gasteiger partial charge on any atom is 0.318 e. The molecule has 0 bridgehead atoms. The van der Waals surface area contributed by atoms with Gasteiger partial charge >= 0.3 is 6.03 Å². The summed E-state index contributed by atoms with van der Waals surface area (Å²) in [5.41, 5.74) is 3.31. The van der Waals surface area contributed by atoms with Crippen LogP contribution >= 0.6 is 11.3 Å². The molecule has 0 radical (unpaired) electrons. The smallest absolute Gasteiger partial charge is 0.318 e. The number of nitrogens with one attached hydrogen (secondary N) is 4. The highest BCUT2D eigenvalue weighted by atomic mass is 32.1. The van der Waals surface area contributed by atoms with E-state index in [0.717, 1.165) is 36.8 Å². The summed E-state index contributed by atoms with van der Waals surface area (Å²) in [4.78, 5) is 60.2.